The molecule has 2 atom stereocenters. The number of para-hydroxylation sites is 1. The highest BCUT2D eigenvalue weighted by molar-refractivity contribution is 6.32. The number of hydrogen-bond donors (Lipinski definition) is 3. The summed E-state index contributed by atoms with van der Waals surface area (Å²) in [4.78, 5) is 24.7. The molecule has 3 rings (SSSR count). The quantitative estimate of drug-likeness (QED) is 0.373. The van der Waals surface area contributed by atoms with Gasteiger partial charge in [-0.05, 0) is 37.0 Å². The van der Waals surface area contributed by atoms with Crippen molar-refractivity contribution < 1.29 is 24.5 Å². The Hall–Kier alpha value is -3.36. The van der Waals surface area contributed by atoms with Crippen molar-refractivity contribution in [1.82, 2.24) is 15.1 Å². The van der Waals surface area contributed by atoms with Gasteiger partial charge in [0.25, 0.3) is 5.91 Å². The summed E-state index contributed by atoms with van der Waals surface area (Å²) in [7, 11) is 0. The Kier molecular flexibility index (Phi) is 8.11. The number of ether oxygens (including phenoxy) is 1. The third kappa shape index (κ3) is 6.44. The largest absolute Gasteiger partial charge is 0.481 e. The van der Waals surface area contributed by atoms with E-state index in [1.54, 1.807) is 37.3 Å². The Morgan fingerprint density at radius 3 is 2.42 bits per heavy atom. The molecule has 2 aromatic carbocycles. The summed E-state index contributed by atoms with van der Waals surface area (Å²) in [5.41, 5.74) is 0.478. The number of aromatic nitrogens is 2. The van der Waals surface area contributed by atoms with Gasteiger partial charge >= 0.3 is 5.97 Å². The Bertz CT molecular complexity index is 1250. The number of carboxylic acids is 1. The van der Waals surface area contributed by atoms with Gasteiger partial charge < -0.3 is 20.3 Å². The predicted molar refractivity (Wildman–Crippen MR) is 138 cm³/mol. The van der Waals surface area contributed by atoms with E-state index in [1.165, 1.54) is 10.7 Å². The smallest absolute Gasteiger partial charge is 0.305 e. The number of carbonyl (C=O) groups is 2. The van der Waals surface area contributed by atoms with Gasteiger partial charge in [-0.3, -0.25) is 9.59 Å². The number of hydrogen-bond acceptors (Lipinski definition) is 5. The van der Waals surface area contributed by atoms with Crippen LogP contribution in [-0.4, -0.2) is 44.1 Å². The minimum Gasteiger partial charge on any atom is -0.481 e. The topological polar surface area (TPSA) is 114 Å². The fourth-order valence-corrected chi connectivity index (χ4v) is 3.57. The molecular weight excluding hydrogens is 482 g/mol. The first-order valence-electron chi connectivity index (χ1n) is 11.6. The van der Waals surface area contributed by atoms with Crippen molar-refractivity contribution in [1.29, 1.82) is 0 Å². The van der Waals surface area contributed by atoms with E-state index in [1.807, 2.05) is 45.9 Å². The van der Waals surface area contributed by atoms with Gasteiger partial charge in [-0.25, -0.2) is 0 Å². The molecule has 9 heteroatoms. The van der Waals surface area contributed by atoms with Crippen LogP contribution in [0.25, 0.3) is 5.69 Å². The molecule has 0 bridgehead atoms. The van der Waals surface area contributed by atoms with E-state index >= 15 is 0 Å². The number of amides is 1. The highest BCUT2D eigenvalue weighted by Gasteiger charge is 2.36. The molecule has 0 fully saturated rings. The van der Waals surface area contributed by atoms with Crippen molar-refractivity contribution in [2.45, 2.75) is 52.7 Å². The van der Waals surface area contributed by atoms with Crippen LogP contribution in [0.4, 0.5) is 0 Å². The van der Waals surface area contributed by atoms with Gasteiger partial charge in [-0.15, -0.1) is 0 Å². The standard InChI is InChI=1S/C27H32ClN3O5/c1-17-9-8-10-18(13-17)20(15-24(32)33)29-25(34)21-14-23(36-16-27(5,35)26(2,3)4)31(30-21)22-12-7-6-11-19(22)28/h6-14,20,35H,15-16H2,1-5H3,(H,29,34)(H,32,33). The predicted octanol–water partition coefficient (Wildman–Crippen LogP) is 4.96. The van der Waals surface area contributed by atoms with E-state index in [0.29, 0.717) is 16.3 Å². The molecule has 1 amide bonds. The normalized spacial score (nSPS) is 14.1. The van der Waals surface area contributed by atoms with Crippen molar-refractivity contribution in [2.24, 2.45) is 5.41 Å². The van der Waals surface area contributed by atoms with Crippen LogP contribution in [0.2, 0.25) is 5.02 Å². The van der Waals surface area contributed by atoms with Crippen molar-refractivity contribution in [3.63, 3.8) is 0 Å². The highest BCUT2D eigenvalue weighted by atomic mass is 35.5. The van der Waals surface area contributed by atoms with Gasteiger partial charge in [0.2, 0.25) is 5.88 Å². The number of carbonyl (C=O) groups excluding carboxylic acids is 1. The van der Waals surface area contributed by atoms with E-state index in [0.717, 1.165) is 5.56 Å². The van der Waals surface area contributed by atoms with Crippen LogP contribution in [0.5, 0.6) is 5.88 Å². The highest BCUT2D eigenvalue weighted by Crippen LogP contribution is 2.32. The van der Waals surface area contributed by atoms with Crippen LogP contribution < -0.4 is 10.1 Å². The first-order valence-corrected chi connectivity index (χ1v) is 12.0. The Labute approximate surface area is 215 Å². The molecule has 1 aromatic heterocycles. The van der Waals surface area contributed by atoms with Crippen LogP contribution in [0.15, 0.2) is 54.6 Å². The SMILES string of the molecule is Cc1cccc(C(CC(=O)O)NC(=O)c2cc(OCC(C)(O)C(C)(C)C)n(-c3ccccc3Cl)n2)c1. The second kappa shape index (κ2) is 10.7. The summed E-state index contributed by atoms with van der Waals surface area (Å²) in [6.45, 7) is 9.20. The molecule has 192 valence electrons. The first kappa shape index (κ1) is 27.2. The lowest BCUT2D eigenvalue weighted by Gasteiger charge is -2.36. The number of benzene rings is 2. The molecule has 0 saturated carbocycles. The van der Waals surface area contributed by atoms with Gasteiger partial charge in [-0.1, -0.05) is 74.3 Å². The summed E-state index contributed by atoms with van der Waals surface area (Å²) in [5.74, 6) is -1.40. The molecule has 0 saturated heterocycles. The molecule has 36 heavy (non-hydrogen) atoms. The molecule has 3 N–H and O–H groups in total. The molecule has 0 aliphatic rings. The third-order valence-electron chi connectivity index (χ3n) is 6.24. The van der Waals surface area contributed by atoms with Crippen LogP contribution in [0.3, 0.4) is 0 Å². The maximum atomic E-state index is 13.2. The summed E-state index contributed by atoms with van der Waals surface area (Å²) in [5, 5.41) is 27.9. The number of aliphatic hydroxyl groups is 1. The van der Waals surface area contributed by atoms with E-state index in [9.17, 15) is 19.8 Å². The van der Waals surface area contributed by atoms with Crippen molar-refractivity contribution >= 4 is 23.5 Å². The minimum absolute atomic E-state index is 0.0170. The molecule has 0 aliphatic carbocycles. The average Bonchev–Trinajstić information content (AvgIpc) is 3.21. The van der Waals surface area contributed by atoms with E-state index in [4.69, 9.17) is 16.3 Å². The summed E-state index contributed by atoms with van der Waals surface area (Å²) in [6, 6.07) is 15.0. The minimum atomic E-state index is -1.18. The summed E-state index contributed by atoms with van der Waals surface area (Å²) < 4.78 is 7.35. The maximum absolute atomic E-state index is 13.2. The maximum Gasteiger partial charge on any atom is 0.305 e. The lowest BCUT2D eigenvalue weighted by Crippen LogP contribution is -2.45. The monoisotopic (exact) mass is 513 g/mol. The fourth-order valence-electron chi connectivity index (χ4n) is 3.35. The molecule has 8 nitrogen and oxygen atoms in total. The Morgan fingerprint density at radius 2 is 1.81 bits per heavy atom. The lowest BCUT2D eigenvalue weighted by molar-refractivity contribution is -0.137. The molecule has 3 aromatic rings. The van der Waals surface area contributed by atoms with Crippen LogP contribution in [0.1, 0.15) is 61.8 Å². The summed E-state index contributed by atoms with van der Waals surface area (Å²) >= 11 is 6.39. The van der Waals surface area contributed by atoms with Crippen molar-refractivity contribution in [3.05, 3.63) is 76.4 Å². The van der Waals surface area contributed by atoms with Gasteiger partial charge in [0, 0.05) is 6.07 Å². The number of nitrogens with zero attached hydrogens (tertiary/aromatic N) is 2. The molecule has 0 aliphatic heterocycles. The molecule has 2 unspecified atom stereocenters. The van der Waals surface area contributed by atoms with Gasteiger partial charge in [-0.2, -0.15) is 9.78 Å². The third-order valence-corrected chi connectivity index (χ3v) is 6.55. The number of aliphatic carboxylic acids is 1. The van der Waals surface area contributed by atoms with Crippen molar-refractivity contribution in [2.75, 3.05) is 6.61 Å². The van der Waals surface area contributed by atoms with Gasteiger partial charge in [0.05, 0.1) is 23.2 Å². The van der Waals surface area contributed by atoms with E-state index < -0.39 is 28.9 Å². The Balaban J connectivity index is 1.96. The van der Waals surface area contributed by atoms with Gasteiger partial charge in [0.1, 0.15) is 12.2 Å². The molecule has 1 heterocycles. The fraction of sp³-hybridized carbons (Fsp3) is 0.370. The number of halogens is 1. The van der Waals surface area contributed by atoms with Crippen LogP contribution in [0, 0.1) is 12.3 Å². The number of nitrogens with one attached hydrogen (secondary N) is 1. The number of rotatable bonds is 9. The zero-order valence-electron chi connectivity index (χ0n) is 21.1. The number of carboxylic acid groups (broad SMARTS) is 1. The second-order valence-corrected chi connectivity index (χ2v) is 10.5. The lowest BCUT2D eigenvalue weighted by atomic mass is 9.78. The zero-order valence-corrected chi connectivity index (χ0v) is 21.8. The molecular formula is C27H32ClN3O5. The average molecular weight is 514 g/mol. The Morgan fingerprint density at radius 1 is 1.11 bits per heavy atom. The number of aryl methyl sites for hydroxylation is 1. The van der Waals surface area contributed by atoms with E-state index in [-0.39, 0.29) is 24.6 Å². The second-order valence-electron chi connectivity index (χ2n) is 10.1. The van der Waals surface area contributed by atoms with Crippen LogP contribution in [-0.2, 0) is 4.79 Å². The van der Waals surface area contributed by atoms with E-state index in [2.05, 4.69) is 10.4 Å². The van der Waals surface area contributed by atoms with Crippen LogP contribution >= 0.6 is 11.6 Å². The molecule has 0 radical (unpaired) electrons. The molecule has 0 spiro atoms. The van der Waals surface area contributed by atoms with Gasteiger partial charge in [0.15, 0.2) is 5.69 Å². The summed E-state index contributed by atoms with van der Waals surface area (Å²) in [6.07, 6.45) is -0.293. The zero-order chi connectivity index (χ0) is 26.7. The van der Waals surface area contributed by atoms with Crippen molar-refractivity contribution in [3.8, 4) is 11.6 Å². The first-order chi connectivity index (χ1) is 16.8.